The minimum absolute atomic E-state index is 0.0764. The summed E-state index contributed by atoms with van der Waals surface area (Å²) < 4.78 is 13.0. The molecule has 4 heteroatoms. The number of nitrogens with two attached hydrogens (primary N) is 1. The molecule has 0 aliphatic heterocycles. The number of nitrogens with one attached hydrogen (secondary N) is 1. The van der Waals surface area contributed by atoms with E-state index in [9.17, 15) is 9.18 Å². The standard InChI is InChI=1S/C10H13FN2O/c1-6(2)10(14)13-7-3-4-9(12)8(11)5-7/h3-6H,12H2,1-2H3,(H,13,14). The van der Waals surface area contributed by atoms with Gasteiger partial charge < -0.3 is 11.1 Å². The average Bonchev–Trinajstić information content (AvgIpc) is 2.11. The highest BCUT2D eigenvalue weighted by Gasteiger charge is 2.07. The van der Waals surface area contributed by atoms with E-state index in [4.69, 9.17) is 5.73 Å². The molecule has 1 aromatic carbocycles. The van der Waals surface area contributed by atoms with Crippen LogP contribution < -0.4 is 11.1 Å². The summed E-state index contributed by atoms with van der Waals surface area (Å²) in [6.45, 7) is 3.53. The third-order valence-electron chi connectivity index (χ3n) is 1.79. The van der Waals surface area contributed by atoms with E-state index >= 15 is 0 Å². The summed E-state index contributed by atoms with van der Waals surface area (Å²) in [4.78, 5) is 11.2. The number of benzene rings is 1. The first-order chi connectivity index (χ1) is 6.50. The molecule has 0 aliphatic carbocycles. The highest BCUT2D eigenvalue weighted by Crippen LogP contribution is 2.16. The van der Waals surface area contributed by atoms with Gasteiger partial charge in [-0.15, -0.1) is 0 Å². The smallest absolute Gasteiger partial charge is 0.226 e. The maximum absolute atomic E-state index is 13.0. The van der Waals surface area contributed by atoms with Crippen molar-refractivity contribution < 1.29 is 9.18 Å². The van der Waals surface area contributed by atoms with Crippen molar-refractivity contribution in [1.82, 2.24) is 0 Å². The van der Waals surface area contributed by atoms with Gasteiger partial charge in [0, 0.05) is 11.6 Å². The summed E-state index contributed by atoms with van der Waals surface area (Å²) in [6.07, 6.45) is 0. The van der Waals surface area contributed by atoms with Crippen molar-refractivity contribution in [1.29, 1.82) is 0 Å². The molecule has 0 atom stereocenters. The highest BCUT2D eigenvalue weighted by molar-refractivity contribution is 5.92. The summed E-state index contributed by atoms with van der Waals surface area (Å²) in [7, 11) is 0. The Labute approximate surface area is 82.1 Å². The van der Waals surface area contributed by atoms with Crippen LogP contribution in [0.2, 0.25) is 0 Å². The largest absolute Gasteiger partial charge is 0.396 e. The van der Waals surface area contributed by atoms with Gasteiger partial charge in [-0.2, -0.15) is 0 Å². The van der Waals surface area contributed by atoms with Crippen LogP contribution in [0.1, 0.15) is 13.8 Å². The van der Waals surface area contributed by atoms with Crippen LogP contribution in [0.25, 0.3) is 0 Å². The number of hydrogen-bond acceptors (Lipinski definition) is 2. The molecule has 1 rings (SSSR count). The molecule has 3 nitrogen and oxygen atoms in total. The first kappa shape index (κ1) is 10.5. The first-order valence-corrected chi connectivity index (χ1v) is 4.36. The van der Waals surface area contributed by atoms with E-state index in [1.807, 2.05) is 0 Å². The molecular weight excluding hydrogens is 183 g/mol. The molecule has 0 unspecified atom stereocenters. The molecule has 76 valence electrons. The SMILES string of the molecule is CC(C)C(=O)Nc1ccc(N)c(F)c1. The van der Waals surface area contributed by atoms with Crippen molar-refractivity contribution >= 4 is 17.3 Å². The molecule has 0 saturated carbocycles. The molecule has 0 aromatic heterocycles. The molecule has 0 saturated heterocycles. The van der Waals surface area contributed by atoms with Crippen LogP contribution in [-0.2, 0) is 4.79 Å². The molecule has 0 heterocycles. The van der Waals surface area contributed by atoms with Gasteiger partial charge in [0.2, 0.25) is 5.91 Å². The van der Waals surface area contributed by atoms with Crippen LogP contribution in [0.15, 0.2) is 18.2 Å². The average molecular weight is 196 g/mol. The Hall–Kier alpha value is -1.58. The van der Waals surface area contributed by atoms with Crippen LogP contribution in [0.5, 0.6) is 0 Å². The Morgan fingerprint density at radius 3 is 2.64 bits per heavy atom. The Morgan fingerprint density at radius 2 is 2.14 bits per heavy atom. The molecule has 1 amide bonds. The monoisotopic (exact) mass is 196 g/mol. The van der Waals surface area contributed by atoms with Crippen molar-refractivity contribution in [2.75, 3.05) is 11.1 Å². The molecule has 0 fully saturated rings. The van der Waals surface area contributed by atoms with Gasteiger partial charge in [-0.3, -0.25) is 4.79 Å². The fourth-order valence-electron chi connectivity index (χ4n) is 0.891. The zero-order chi connectivity index (χ0) is 10.7. The lowest BCUT2D eigenvalue weighted by molar-refractivity contribution is -0.118. The van der Waals surface area contributed by atoms with Gasteiger partial charge in [0.25, 0.3) is 0 Å². The number of carbonyl (C=O) groups is 1. The number of anilines is 2. The van der Waals surface area contributed by atoms with Crippen molar-refractivity contribution in [3.63, 3.8) is 0 Å². The maximum Gasteiger partial charge on any atom is 0.226 e. The van der Waals surface area contributed by atoms with Crippen molar-refractivity contribution in [3.05, 3.63) is 24.0 Å². The van der Waals surface area contributed by atoms with Gasteiger partial charge >= 0.3 is 0 Å². The predicted molar refractivity (Wildman–Crippen MR) is 54.3 cm³/mol. The van der Waals surface area contributed by atoms with E-state index in [-0.39, 0.29) is 17.5 Å². The summed E-state index contributed by atoms with van der Waals surface area (Å²) in [5, 5.41) is 2.57. The number of carbonyl (C=O) groups excluding carboxylic acids is 1. The molecule has 1 aromatic rings. The summed E-state index contributed by atoms with van der Waals surface area (Å²) in [5.74, 6) is -0.795. The second kappa shape index (κ2) is 4.09. The number of rotatable bonds is 2. The Balaban J connectivity index is 2.78. The first-order valence-electron chi connectivity index (χ1n) is 4.36. The molecular formula is C10H13FN2O. The van der Waals surface area contributed by atoms with E-state index in [1.54, 1.807) is 19.9 Å². The number of nitrogen functional groups attached to an aromatic ring is 1. The fraction of sp³-hybridized carbons (Fsp3) is 0.300. The topological polar surface area (TPSA) is 55.1 Å². The third kappa shape index (κ3) is 2.45. The molecule has 0 radical (unpaired) electrons. The van der Waals surface area contributed by atoms with Crippen LogP contribution in [0.3, 0.4) is 0 Å². The van der Waals surface area contributed by atoms with E-state index in [1.165, 1.54) is 12.1 Å². The van der Waals surface area contributed by atoms with Crippen molar-refractivity contribution in [3.8, 4) is 0 Å². The minimum atomic E-state index is -0.522. The zero-order valence-corrected chi connectivity index (χ0v) is 8.17. The quantitative estimate of drug-likeness (QED) is 0.711. The third-order valence-corrected chi connectivity index (χ3v) is 1.79. The van der Waals surface area contributed by atoms with Crippen molar-refractivity contribution in [2.45, 2.75) is 13.8 Å². The van der Waals surface area contributed by atoms with E-state index < -0.39 is 5.82 Å². The molecule has 0 spiro atoms. The lowest BCUT2D eigenvalue weighted by atomic mass is 10.2. The van der Waals surface area contributed by atoms with E-state index in [0.717, 1.165) is 0 Å². The van der Waals surface area contributed by atoms with E-state index in [2.05, 4.69) is 5.32 Å². The predicted octanol–water partition coefficient (Wildman–Crippen LogP) is 2.00. The lowest BCUT2D eigenvalue weighted by Gasteiger charge is -2.07. The maximum atomic E-state index is 13.0. The molecule has 0 bridgehead atoms. The van der Waals surface area contributed by atoms with Gasteiger partial charge in [0.15, 0.2) is 0 Å². The zero-order valence-electron chi connectivity index (χ0n) is 8.17. The number of amides is 1. The summed E-state index contributed by atoms with van der Waals surface area (Å²) >= 11 is 0. The summed E-state index contributed by atoms with van der Waals surface area (Å²) in [6, 6.07) is 4.19. The minimum Gasteiger partial charge on any atom is -0.396 e. The second-order valence-electron chi connectivity index (χ2n) is 3.38. The summed E-state index contributed by atoms with van der Waals surface area (Å²) in [5.41, 5.74) is 5.79. The second-order valence-corrected chi connectivity index (χ2v) is 3.38. The van der Waals surface area contributed by atoms with Crippen LogP contribution in [0, 0.1) is 11.7 Å². The fourth-order valence-corrected chi connectivity index (χ4v) is 0.891. The van der Waals surface area contributed by atoms with Gasteiger partial charge in [0.1, 0.15) is 5.82 Å². The van der Waals surface area contributed by atoms with Gasteiger partial charge in [0.05, 0.1) is 5.69 Å². The van der Waals surface area contributed by atoms with Crippen LogP contribution >= 0.6 is 0 Å². The van der Waals surface area contributed by atoms with Gasteiger partial charge in [-0.1, -0.05) is 13.8 Å². The van der Waals surface area contributed by atoms with Crippen LogP contribution in [0.4, 0.5) is 15.8 Å². The number of hydrogen-bond donors (Lipinski definition) is 2. The number of halogens is 1. The Kier molecular flexibility index (Phi) is 3.06. The Bertz CT molecular complexity index is 350. The van der Waals surface area contributed by atoms with Crippen molar-refractivity contribution in [2.24, 2.45) is 5.92 Å². The highest BCUT2D eigenvalue weighted by atomic mass is 19.1. The van der Waals surface area contributed by atoms with Gasteiger partial charge in [-0.25, -0.2) is 4.39 Å². The molecule has 0 aliphatic rings. The Morgan fingerprint density at radius 1 is 1.50 bits per heavy atom. The molecule has 3 N–H and O–H groups in total. The van der Waals surface area contributed by atoms with E-state index in [0.29, 0.717) is 5.69 Å². The van der Waals surface area contributed by atoms with Gasteiger partial charge in [-0.05, 0) is 18.2 Å². The lowest BCUT2D eigenvalue weighted by Crippen LogP contribution is -2.17. The van der Waals surface area contributed by atoms with Crippen LogP contribution in [-0.4, -0.2) is 5.91 Å². The molecule has 14 heavy (non-hydrogen) atoms. The normalized spacial score (nSPS) is 10.3.